The van der Waals surface area contributed by atoms with Gasteiger partial charge in [-0.1, -0.05) is 46.3 Å². The van der Waals surface area contributed by atoms with Crippen LogP contribution in [0.2, 0.25) is 0 Å². The van der Waals surface area contributed by atoms with Crippen LogP contribution in [0.5, 0.6) is 0 Å². The Morgan fingerprint density at radius 2 is 1.80 bits per heavy atom. The fraction of sp³-hybridized carbons (Fsp3) is 0.294. The molecule has 1 aliphatic rings. The molecule has 1 nitrogen and oxygen atoms in total. The summed E-state index contributed by atoms with van der Waals surface area (Å²) in [5, 5.41) is 3.55. The highest BCUT2D eigenvalue weighted by atomic mass is 79.9. The average molecular weight is 334 g/mol. The second-order valence-corrected chi connectivity index (χ2v) is 6.34. The fourth-order valence-corrected chi connectivity index (χ4v) is 3.31. The predicted molar refractivity (Wildman–Crippen MR) is 83.3 cm³/mol. The van der Waals surface area contributed by atoms with E-state index < -0.39 is 0 Å². The lowest BCUT2D eigenvalue weighted by Crippen LogP contribution is -2.32. The third kappa shape index (κ3) is 2.79. The van der Waals surface area contributed by atoms with Crippen molar-refractivity contribution in [3.05, 3.63) is 69.4 Å². The van der Waals surface area contributed by atoms with Crippen LogP contribution >= 0.6 is 15.9 Å². The van der Waals surface area contributed by atoms with Gasteiger partial charge in [-0.05, 0) is 43.0 Å². The van der Waals surface area contributed by atoms with Gasteiger partial charge in [0.05, 0.1) is 0 Å². The molecular weight excluding hydrogens is 317 g/mol. The van der Waals surface area contributed by atoms with Gasteiger partial charge in [0, 0.05) is 22.1 Å². The Kier molecular flexibility index (Phi) is 3.90. The van der Waals surface area contributed by atoms with Crippen molar-refractivity contribution in [2.24, 2.45) is 0 Å². The topological polar surface area (TPSA) is 12.0 Å². The maximum atomic E-state index is 14.0. The van der Waals surface area contributed by atoms with Crippen molar-refractivity contribution in [2.75, 3.05) is 0 Å². The number of halogens is 2. The number of benzene rings is 2. The van der Waals surface area contributed by atoms with Crippen molar-refractivity contribution in [1.29, 1.82) is 0 Å². The first-order valence-corrected chi connectivity index (χ1v) is 7.70. The minimum atomic E-state index is -0.158. The van der Waals surface area contributed by atoms with Crippen LogP contribution in [0.15, 0.2) is 46.9 Å². The molecule has 1 aliphatic carbocycles. The number of rotatable bonds is 3. The molecule has 0 bridgehead atoms. The second-order valence-electron chi connectivity index (χ2n) is 5.43. The Hall–Kier alpha value is -1.19. The molecule has 0 saturated heterocycles. The Balaban J connectivity index is 1.70. The van der Waals surface area contributed by atoms with E-state index in [1.54, 1.807) is 0 Å². The molecule has 0 spiro atoms. The van der Waals surface area contributed by atoms with E-state index >= 15 is 0 Å². The van der Waals surface area contributed by atoms with Gasteiger partial charge in [0.1, 0.15) is 5.82 Å². The third-order valence-corrected chi connectivity index (χ3v) is 4.46. The van der Waals surface area contributed by atoms with Crippen LogP contribution in [-0.4, -0.2) is 6.04 Å². The molecule has 0 amide bonds. The SMILES string of the molecule is CC(NC1Cc2ccccc2C1)c1ccc(Br)cc1F. The van der Waals surface area contributed by atoms with Crippen LogP contribution in [0.25, 0.3) is 0 Å². The Morgan fingerprint density at radius 1 is 1.15 bits per heavy atom. The van der Waals surface area contributed by atoms with Crippen molar-refractivity contribution in [1.82, 2.24) is 5.32 Å². The smallest absolute Gasteiger partial charge is 0.129 e. The van der Waals surface area contributed by atoms with E-state index in [9.17, 15) is 4.39 Å². The lowest BCUT2D eigenvalue weighted by atomic mass is 10.1. The monoisotopic (exact) mass is 333 g/mol. The van der Waals surface area contributed by atoms with Gasteiger partial charge in [0.15, 0.2) is 0 Å². The lowest BCUT2D eigenvalue weighted by molar-refractivity contribution is 0.452. The van der Waals surface area contributed by atoms with E-state index in [1.807, 2.05) is 19.1 Å². The van der Waals surface area contributed by atoms with Crippen LogP contribution in [0.1, 0.15) is 29.7 Å². The average Bonchev–Trinajstić information content (AvgIpc) is 2.80. The summed E-state index contributed by atoms with van der Waals surface area (Å²) in [4.78, 5) is 0. The van der Waals surface area contributed by atoms with Crippen molar-refractivity contribution >= 4 is 15.9 Å². The van der Waals surface area contributed by atoms with E-state index in [2.05, 4.69) is 45.5 Å². The Labute approximate surface area is 127 Å². The van der Waals surface area contributed by atoms with E-state index in [4.69, 9.17) is 0 Å². The van der Waals surface area contributed by atoms with Gasteiger partial charge in [-0.15, -0.1) is 0 Å². The van der Waals surface area contributed by atoms with E-state index in [0.29, 0.717) is 6.04 Å². The maximum absolute atomic E-state index is 14.0. The number of hydrogen-bond donors (Lipinski definition) is 1. The molecule has 1 N–H and O–H groups in total. The third-order valence-electron chi connectivity index (χ3n) is 3.97. The highest BCUT2D eigenvalue weighted by Gasteiger charge is 2.23. The van der Waals surface area contributed by atoms with Gasteiger partial charge >= 0.3 is 0 Å². The summed E-state index contributed by atoms with van der Waals surface area (Å²) in [5.74, 6) is -0.158. The largest absolute Gasteiger partial charge is 0.307 e. The van der Waals surface area contributed by atoms with Crippen LogP contribution in [0, 0.1) is 5.82 Å². The Bertz CT molecular complexity index is 601. The second kappa shape index (κ2) is 5.66. The minimum Gasteiger partial charge on any atom is -0.307 e. The van der Waals surface area contributed by atoms with Crippen molar-refractivity contribution < 1.29 is 4.39 Å². The van der Waals surface area contributed by atoms with Crippen molar-refractivity contribution in [3.8, 4) is 0 Å². The van der Waals surface area contributed by atoms with Crippen molar-refractivity contribution in [2.45, 2.75) is 31.8 Å². The highest BCUT2D eigenvalue weighted by Crippen LogP contribution is 2.26. The zero-order valence-corrected chi connectivity index (χ0v) is 13.0. The highest BCUT2D eigenvalue weighted by molar-refractivity contribution is 9.10. The normalized spacial score (nSPS) is 16.1. The number of fused-ring (bicyclic) bond motifs is 1. The molecule has 104 valence electrons. The summed E-state index contributed by atoms with van der Waals surface area (Å²) in [5.41, 5.74) is 3.55. The summed E-state index contributed by atoms with van der Waals surface area (Å²) < 4.78 is 14.7. The first-order chi connectivity index (χ1) is 9.63. The fourth-order valence-electron chi connectivity index (χ4n) is 2.97. The molecule has 0 heterocycles. The Morgan fingerprint density at radius 3 is 2.40 bits per heavy atom. The molecule has 1 atom stereocenters. The number of hydrogen-bond acceptors (Lipinski definition) is 1. The molecule has 2 aromatic carbocycles. The lowest BCUT2D eigenvalue weighted by Gasteiger charge is -2.20. The minimum absolute atomic E-state index is 0.0161. The van der Waals surface area contributed by atoms with E-state index in [1.165, 1.54) is 17.2 Å². The van der Waals surface area contributed by atoms with Gasteiger partial charge in [0.2, 0.25) is 0 Å². The molecule has 1 unspecified atom stereocenters. The molecular formula is C17H17BrFN. The summed E-state index contributed by atoms with van der Waals surface area (Å²) in [6.07, 6.45) is 2.05. The molecule has 0 saturated carbocycles. The van der Waals surface area contributed by atoms with Crippen molar-refractivity contribution in [3.63, 3.8) is 0 Å². The maximum Gasteiger partial charge on any atom is 0.129 e. The molecule has 2 aromatic rings. The summed E-state index contributed by atoms with van der Waals surface area (Å²) >= 11 is 3.29. The summed E-state index contributed by atoms with van der Waals surface area (Å²) in [6.45, 7) is 2.02. The van der Waals surface area contributed by atoms with E-state index in [0.717, 1.165) is 22.9 Å². The first kappa shape index (κ1) is 13.8. The van der Waals surface area contributed by atoms with Crippen LogP contribution in [0.4, 0.5) is 4.39 Å². The van der Waals surface area contributed by atoms with Crippen LogP contribution < -0.4 is 5.32 Å². The molecule has 20 heavy (non-hydrogen) atoms. The zero-order valence-electron chi connectivity index (χ0n) is 11.4. The quantitative estimate of drug-likeness (QED) is 0.877. The van der Waals surface area contributed by atoms with Crippen LogP contribution in [-0.2, 0) is 12.8 Å². The molecule has 0 aliphatic heterocycles. The molecule has 0 aromatic heterocycles. The summed E-state index contributed by atoms with van der Waals surface area (Å²) in [7, 11) is 0. The predicted octanol–water partition coefficient (Wildman–Crippen LogP) is 4.41. The molecule has 3 heteroatoms. The zero-order chi connectivity index (χ0) is 14.1. The van der Waals surface area contributed by atoms with Gasteiger partial charge in [-0.25, -0.2) is 4.39 Å². The van der Waals surface area contributed by atoms with Gasteiger partial charge in [-0.3, -0.25) is 0 Å². The first-order valence-electron chi connectivity index (χ1n) is 6.91. The standard InChI is InChI=1S/C17H17BrFN/c1-11(16-7-6-14(18)10-17(16)19)20-15-8-12-4-2-3-5-13(12)9-15/h2-7,10-11,15,20H,8-9H2,1H3. The molecule has 0 radical (unpaired) electrons. The van der Waals surface area contributed by atoms with Gasteiger partial charge in [-0.2, -0.15) is 0 Å². The molecule has 0 fully saturated rings. The number of nitrogens with one attached hydrogen (secondary N) is 1. The van der Waals surface area contributed by atoms with E-state index in [-0.39, 0.29) is 11.9 Å². The van der Waals surface area contributed by atoms with Gasteiger partial charge < -0.3 is 5.32 Å². The molecule has 3 rings (SSSR count). The van der Waals surface area contributed by atoms with Crippen LogP contribution in [0.3, 0.4) is 0 Å². The summed E-state index contributed by atoms with van der Waals surface area (Å²) in [6, 6.07) is 14.2. The van der Waals surface area contributed by atoms with Gasteiger partial charge in [0.25, 0.3) is 0 Å².